The SMILES string of the molecule is CCC(C)(C)c1ccc(OCCCCN(Cc2ccccc2F)C(=O)c2ccc3c(c2)OCO3)c(C(C)(C)CC)c1. The summed E-state index contributed by atoms with van der Waals surface area (Å²) in [5, 5.41) is 0. The van der Waals surface area contributed by atoms with Crippen LogP contribution >= 0.6 is 0 Å². The number of halogens is 1. The maximum absolute atomic E-state index is 14.5. The number of ether oxygens (including phenoxy) is 3. The summed E-state index contributed by atoms with van der Waals surface area (Å²) in [5.41, 5.74) is 3.63. The fourth-order valence-corrected chi connectivity index (χ4v) is 4.88. The summed E-state index contributed by atoms with van der Waals surface area (Å²) in [6, 6.07) is 18.4. The van der Waals surface area contributed by atoms with Gasteiger partial charge in [-0.2, -0.15) is 0 Å². The van der Waals surface area contributed by atoms with Crippen molar-refractivity contribution in [1.82, 2.24) is 4.90 Å². The summed E-state index contributed by atoms with van der Waals surface area (Å²) < 4.78 is 31.7. The van der Waals surface area contributed by atoms with Crippen molar-refractivity contribution in [3.05, 3.63) is 88.7 Å². The van der Waals surface area contributed by atoms with E-state index in [1.54, 1.807) is 41.3 Å². The van der Waals surface area contributed by atoms with Crippen molar-refractivity contribution in [2.45, 2.75) is 84.6 Å². The number of nitrogens with zero attached hydrogens (tertiary/aromatic N) is 1. The summed E-state index contributed by atoms with van der Waals surface area (Å²) in [6.07, 6.45) is 3.55. The van der Waals surface area contributed by atoms with Crippen molar-refractivity contribution in [2.75, 3.05) is 19.9 Å². The molecule has 0 bridgehead atoms. The molecule has 0 saturated carbocycles. The fourth-order valence-electron chi connectivity index (χ4n) is 4.88. The second-order valence-electron chi connectivity index (χ2n) is 12.1. The van der Waals surface area contributed by atoms with E-state index in [4.69, 9.17) is 14.2 Å². The molecular weight excluding hydrogens is 517 g/mol. The van der Waals surface area contributed by atoms with Crippen LogP contribution in [0.5, 0.6) is 17.2 Å². The van der Waals surface area contributed by atoms with Gasteiger partial charge in [-0.05, 0) is 72.4 Å². The Morgan fingerprint density at radius 1 is 0.902 bits per heavy atom. The second-order valence-corrected chi connectivity index (χ2v) is 12.1. The predicted molar refractivity (Wildman–Crippen MR) is 162 cm³/mol. The Morgan fingerprint density at radius 2 is 1.63 bits per heavy atom. The van der Waals surface area contributed by atoms with Gasteiger partial charge in [0.2, 0.25) is 6.79 Å². The molecule has 4 rings (SSSR count). The third-order valence-electron chi connectivity index (χ3n) is 8.56. The largest absolute Gasteiger partial charge is 0.493 e. The summed E-state index contributed by atoms with van der Waals surface area (Å²) in [6.45, 7) is 14.9. The van der Waals surface area contributed by atoms with Gasteiger partial charge in [0.25, 0.3) is 5.91 Å². The predicted octanol–water partition coefficient (Wildman–Crippen LogP) is 8.43. The van der Waals surface area contributed by atoms with Gasteiger partial charge in [0.15, 0.2) is 11.5 Å². The van der Waals surface area contributed by atoms with Crippen molar-refractivity contribution < 1.29 is 23.4 Å². The monoisotopic (exact) mass is 561 g/mol. The lowest BCUT2D eigenvalue weighted by Gasteiger charge is -2.30. The Morgan fingerprint density at radius 3 is 2.37 bits per heavy atom. The van der Waals surface area contributed by atoms with Crippen LogP contribution in [0.4, 0.5) is 4.39 Å². The minimum atomic E-state index is -0.319. The zero-order chi connectivity index (χ0) is 29.6. The summed E-state index contributed by atoms with van der Waals surface area (Å²) >= 11 is 0. The molecule has 0 spiro atoms. The van der Waals surface area contributed by atoms with E-state index >= 15 is 0 Å². The highest BCUT2D eigenvalue weighted by molar-refractivity contribution is 5.95. The summed E-state index contributed by atoms with van der Waals surface area (Å²) in [4.78, 5) is 15.2. The molecule has 3 aromatic rings. The zero-order valence-electron chi connectivity index (χ0n) is 25.4. The van der Waals surface area contributed by atoms with E-state index in [1.165, 1.54) is 17.2 Å². The van der Waals surface area contributed by atoms with Gasteiger partial charge in [0, 0.05) is 29.8 Å². The third-order valence-corrected chi connectivity index (χ3v) is 8.56. The molecule has 0 saturated heterocycles. The van der Waals surface area contributed by atoms with Crippen LogP contribution in [0.1, 0.15) is 94.3 Å². The van der Waals surface area contributed by atoms with Crippen LogP contribution in [0.2, 0.25) is 0 Å². The number of rotatable bonds is 13. The first kappa shape index (κ1) is 30.4. The van der Waals surface area contributed by atoms with E-state index in [0.717, 1.165) is 31.4 Å². The first-order valence-electron chi connectivity index (χ1n) is 14.8. The van der Waals surface area contributed by atoms with Crippen LogP contribution < -0.4 is 14.2 Å². The topological polar surface area (TPSA) is 48.0 Å². The Bertz CT molecular complexity index is 1350. The molecule has 0 atom stereocenters. The quantitative estimate of drug-likeness (QED) is 0.197. The molecule has 0 aliphatic carbocycles. The number of carbonyl (C=O) groups excluding carboxylic acids is 1. The average molecular weight is 562 g/mol. The van der Waals surface area contributed by atoms with Gasteiger partial charge in [-0.1, -0.05) is 71.9 Å². The summed E-state index contributed by atoms with van der Waals surface area (Å²) in [7, 11) is 0. The molecule has 3 aromatic carbocycles. The van der Waals surface area contributed by atoms with Crippen molar-refractivity contribution in [1.29, 1.82) is 0 Å². The zero-order valence-corrected chi connectivity index (χ0v) is 25.4. The molecule has 0 N–H and O–H groups in total. The Labute approximate surface area is 244 Å². The van der Waals surface area contributed by atoms with Gasteiger partial charge < -0.3 is 19.1 Å². The molecule has 0 unspecified atom stereocenters. The van der Waals surface area contributed by atoms with Gasteiger partial charge in [0.05, 0.1) is 6.61 Å². The van der Waals surface area contributed by atoms with Crippen LogP contribution in [0.15, 0.2) is 60.7 Å². The highest BCUT2D eigenvalue weighted by Crippen LogP contribution is 2.38. The maximum atomic E-state index is 14.5. The first-order valence-corrected chi connectivity index (χ1v) is 14.8. The van der Waals surface area contributed by atoms with E-state index in [0.29, 0.717) is 35.8 Å². The lowest BCUT2D eigenvalue weighted by Crippen LogP contribution is -2.32. The number of carbonyl (C=O) groups is 1. The summed E-state index contributed by atoms with van der Waals surface area (Å²) in [5.74, 6) is 1.60. The van der Waals surface area contributed by atoms with Gasteiger partial charge in [-0.15, -0.1) is 0 Å². The number of hydrogen-bond acceptors (Lipinski definition) is 4. The number of unbranched alkanes of at least 4 members (excludes halogenated alkanes) is 1. The van der Waals surface area contributed by atoms with E-state index in [-0.39, 0.29) is 35.9 Å². The maximum Gasteiger partial charge on any atom is 0.254 e. The smallest absolute Gasteiger partial charge is 0.254 e. The molecule has 220 valence electrons. The van der Waals surface area contributed by atoms with E-state index in [9.17, 15) is 9.18 Å². The van der Waals surface area contributed by atoms with Crippen LogP contribution in [-0.2, 0) is 17.4 Å². The number of fused-ring (bicyclic) bond motifs is 1. The van der Waals surface area contributed by atoms with Crippen LogP contribution in [-0.4, -0.2) is 30.8 Å². The van der Waals surface area contributed by atoms with Gasteiger partial charge in [-0.25, -0.2) is 4.39 Å². The molecule has 1 aliphatic heterocycles. The standard InChI is InChI=1S/C35H44FNO4/c1-7-34(3,4)27-16-18-30(28(22-27)35(5,6)8-2)39-20-12-11-19-37(23-26-13-9-10-14-29(26)36)33(38)25-15-17-31-32(21-25)41-24-40-31/h9-10,13-18,21-22H,7-8,11-12,19-20,23-24H2,1-6H3. The van der Waals surface area contributed by atoms with Crippen molar-refractivity contribution in [3.8, 4) is 17.2 Å². The molecule has 41 heavy (non-hydrogen) atoms. The Balaban J connectivity index is 1.44. The van der Waals surface area contributed by atoms with Crippen LogP contribution in [0.3, 0.4) is 0 Å². The molecule has 6 heteroatoms. The number of benzene rings is 3. The molecule has 5 nitrogen and oxygen atoms in total. The normalized spacial score (nSPS) is 12.9. The van der Waals surface area contributed by atoms with Gasteiger partial charge in [0.1, 0.15) is 11.6 Å². The molecular formula is C35H44FNO4. The highest BCUT2D eigenvalue weighted by atomic mass is 19.1. The van der Waals surface area contributed by atoms with Crippen LogP contribution in [0, 0.1) is 5.82 Å². The van der Waals surface area contributed by atoms with Crippen LogP contribution in [0.25, 0.3) is 0 Å². The minimum Gasteiger partial charge on any atom is -0.493 e. The molecule has 1 aliphatic rings. The van der Waals surface area contributed by atoms with Gasteiger partial charge >= 0.3 is 0 Å². The van der Waals surface area contributed by atoms with E-state index in [1.807, 2.05) is 0 Å². The van der Waals surface area contributed by atoms with Crippen molar-refractivity contribution in [2.24, 2.45) is 0 Å². The third kappa shape index (κ3) is 7.22. The van der Waals surface area contributed by atoms with Crippen molar-refractivity contribution in [3.63, 3.8) is 0 Å². The molecule has 0 fully saturated rings. The number of amides is 1. The van der Waals surface area contributed by atoms with Crippen molar-refractivity contribution >= 4 is 5.91 Å². The first-order chi connectivity index (χ1) is 19.6. The Kier molecular flexibility index (Phi) is 9.62. The van der Waals surface area contributed by atoms with E-state index < -0.39 is 0 Å². The lowest BCUT2D eigenvalue weighted by atomic mass is 9.76. The van der Waals surface area contributed by atoms with E-state index in [2.05, 4.69) is 59.7 Å². The number of hydrogen-bond donors (Lipinski definition) is 0. The molecule has 0 radical (unpaired) electrons. The molecule has 1 amide bonds. The Hall–Kier alpha value is -3.54. The highest BCUT2D eigenvalue weighted by Gasteiger charge is 2.27. The minimum absolute atomic E-state index is 0.0112. The lowest BCUT2D eigenvalue weighted by molar-refractivity contribution is 0.0735. The molecule has 0 aromatic heterocycles. The average Bonchev–Trinajstić information content (AvgIpc) is 3.45. The fraction of sp³-hybridized carbons (Fsp3) is 0.457. The van der Waals surface area contributed by atoms with Gasteiger partial charge in [-0.3, -0.25) is 4.79 Å². The molecule has 1 heterocycles. The second kappa shape index (κ2) is 13.0.